The van der Waals surface area contributed by atoms with Gasteiger partial charge in [0.15, 0.2) is 5.96 Å². The quantitative estimate of drug-likeness (QED) is 0.327. The van der Waals surface area contributed by atoms with Gasteiger partial charge in [-0.15, -0.1) is 24.0 Å². The number of rotatable bonds is 7. The van der Waals surface area contributed by atoms with Crippen LogP contribution in [0.5, 0.6) is 0 Å². The molecule has 6 heteroatoms. The maximum absolute atomic E-state index is 9.31. The van der Waals surface area contributed by atoms with Gasteiger partial charge in [0.25, 0.3) is 0 Å². The zero-order valence-corrected chi connectivity index (χ0v) is 20.5. The van der Waals surface area contributed by atoms with Gasteiger partial charge in [-0.1, -0.05) is 42.5 Å². The van der Waals surface area contributed by atoms with E-state index < -0.39 is 0 Å². The summed E-state index contributed by atoms with van der Waals surface area (Å²) in [6.45, 7) is 6.80. The number of aliphatic hydroxyl groups excluding tert-OH is 1. The normalized spacial score (nSPS) is 14.9. The first-order valence-corrected chi connectivity index (χ1v) is 10.7. The third kappa shape index (κ3) is 7.16. The summed E-state index contributed by atoms with van der Waals surface area (Å²) in [5.41, 5.74) is 3.75. The maximum atomic E-state index is 9.31. The van der Waals surface area contributed by atoms with Crippen LogP contribution in [0.2, 0.25) is 0 Å². The highest BCUT2D eigenvalue weighted by molar-refractivity contribution is 14.0. The number of hydrogen-bond donors (Lipinski definition) is 2. The highest BCUT2D eigenvalue weighted by atomic mass is 127. The number of aliphatic hydroxyl groups is 1. The van der Waals surface area contributed by atoms with Gasteiger partial charge in [0.05, 0.1) is 6.54 Å². The highest BCUT2D eigenvalue weighted by Gasteiger charge is 2.18. The van der Waals surface area contributed by atoms with Crippen LogP contribution in [0, 0.1) is 5.92 Å². The van der Waals surface area contributed by atoms with Crippen LogP contribution in [0.1, 0.15) is 30.9 Å². The molecule has 2 N–H and O–H groups in total. The molecule has 0 amide bonds. The number of nitrogens with one attached hydrogen (secondary N) is 1. The molecular weight excluding hydrogens is 487 g/mol. The van der Waals surface area contributed by atoms with E-state index in [1.807, 2.05) is 6.07 Å². The molecule has 0 bridgehead atoms. The average molecular weight is 522 g/mol. The molecule has 30 heavy (non-hydrogen) atoms. The van der Waals surface area contributed by atoms with Crippen LogP contribution in [0.15, 0.2) is 59.6 Å². The Balaban J connectivity index is 0.00000320. The summed E-state index contributed by atoms with van der Waals surface area (Å²) in [4.78, 5) is 9.41. The van der Waals surface area contributed by atoms with E-state index in [1.54, 1.807) is 0 Å². The molecule has 0 atom stereocenters. The molecule has 5 nitrogen and oxygen atoms in total. The first-order valence-electron chi connectivity index (χ1n) is 10.7. The van der Waals surface area contributed by atoms with E-state index in [0.29, 0.717) is 19.1 Å². The second kappa shape index (κ2) is 12.8. The monoisotopic (exact) mass is 522 g/mol. The Labute approximate surface area is 198 Å². The first-order chi connectivity index (χ1) is 14.2. The fraction of sp³-hybridized carbons (Fsp3) is 0.458. The Morgan fingerprint density at radius 1 is 1.07 bits per heavy atom. The predicted octanol–water partition coefficient (Wildman–Crippen LogP) is 4.11. The van der Waals surface area contributed by atoms with Gasteiger partial charge >= 0.3 is 0 Å². The lowest BCUT2D eigenvalue weighted by atomic mass is 9.97. The maximum Gasteiger partial charge on any atom is 0.194 e. The molecule has 1 heterocycles. The van der Waals surface area contributed by atoms with Crippen LogP contribution in [0.3, 0.4) is 0 Å². The molecule has 0 spiro atoms. The van der Waals surface area contributed by atoms with Crippen LogP contribution >= 0.6 is 24.0 Å². The largest absolute Gasteiger partial charge is 0.396 e. The minimum absolute atomic E-state index is 0. The molecular formula is C24H35IN4O. The molecule has 0 saturated carbocycles. The van der Waals surface area contributed by atoms with Crippen molar-refractivity contribution in [3.8, 4) is 0 Å². The molecule has 0 radical (unpaired) electrons. The number of benzene rings is 2. The average Bonchev–Trinajstić information content (AvgIpc) is 2.77. The lowest BCUT2D eigenvalue weighted by Crippen LogP contribution is -2.38. The van der Waals surface area contributed by atoms with Crippen molar-refractivity contribution in [2.75, 3.05) is 38.2 Å². The summed E-state index contributed by atoms with van der Waals surface area (Å²) in [5.74, 6) is 1.39. The van der Waals surface area contributed by atoms with Crippen LogP contribution in [0.25, 0.3) is 0 Å². The fourth-order valence-corrected chi connectivity index (χ4v) is 3.75. The van der Waals surface area contributed by atoms with Gasteiger partial charge in [0.2, 0.25) is 0 Å². The van der Waals surface area contributed by atoms with Crippen molar-refractivity contribution in [1.82, 2.24) is 10.2 Å². The zero-order valence-electron chi connectivity index (χ0n) is 18.1. The van der Waals surface area contributed by atoms with Gasteiger partial charge in [-0.25, -0.2) is 4.99 Å². The van der Waals surface area contributed by atoms with Crippen molar-refractivity contribution in [3.63, 3.8) is 0 Å². The summed E-state index contributed by atoms with van der Waals surface area (Å²) < 4.78 is 0. The van der Waals surface area contributed by atoms with E-state index in [4.69, 9.17) is 4.99 Å². The van der Waals surface area contributed by atoms with E-state index in [-0.39, 0.29) is 24.0 Å². The second-order valence-corrected chi connectivity index (χ2v) is 7.79. The third-order valence-corrected chi connectivity index (χ3v) is 5.54. The Bertz CT molecular complexity index is 759. The van der Waals surface area contributed by atoms with Crippen molar-refractivity contribution < 1.29 is 5.11 Å². The van der Waals surface area contributed by atoms with Crippen molar-refractivity contribution >= 4 is 35.6 Å². The number of anilines is 1. The van der Waals surface area contributed by atoms with Crippen molar-refractivity contribution in [2.24, 2.45) is 10.9 Å². The Hall–Kier alpha value is -1.80. The van der Waals surface area contributed by atoms with Gasteiger partial charge in [0, 0.05) is 45.5 Å². The van der Waals surface area contributed by atoms with E-state index in [0.717, 1.165) is 45.0 Å². The Morgan fingerprint density at radius 3 is 2.33 bits per heavy atom. The van der Waals surface area contributed by atoms with Crippen LogP contribution in [0.4, 0.5) is 5.69 Å². The second-order valence-electron chi connectivity index (χ2n) is 7.79. The number of nitrogens with zero attached hydrogens (tertiary/aromatic N) is 3. The molecule has 0 unspecified atom stereocenters. The van der Waals surface area contributed by atoms with Crippen molar-refractivity contribution in [3.05, 3.63) is 65.7 Å². The number of guanidine groups is 1. The number of aliphatic imine (C=N–C) groups is 1. The molecule has 1 fully saturated rings. The number of hydrogen-bond acceptors (Lipinski definition) is 3. The fourth-order valence-electron chi connectivity index (χ4n) is 3.75. The highest BCUT2D eigenvalue weighted by Crippen LogP contribution is 2.23. The van der Waals surface area contributed by atoms with E-state index in [9.17, 15) is 5.11 Å². The first kappa shape index (κ1) is 24.5. The number of halogens is 1. The van der Waals surface area contributed by atoms with Crippen molar-refractivity contribution in [1.29, 1.82) is 0 Å². The molecule has 0 aliphatic carbocycles. The molecule has 0 aromatic heterocycles. The van der Waals surface area contributed by atoms with Gasteiger partial charge < -0.3 is 20.2 Å². The van der Waals surface area contributed by atoms with E-state index >= 15 is 0 Å². The summed E-state index contributed by atoms with van der Waals surface area (Å²) in [5, 5.41) is 12.7. The van der Waals surface area contributed by atoms with Crippen molar-refractivity contribution in [2.45, 2.75) is 32.9 Å². The molecule has 1 aliphatic heterocycles. The lowest BCUT2D eigenvalue weighted by molar-refractivity contribution is 0.203. The number of piperidine rings is 1. The SMILES string of the molecule is CCNC(=NCc1ccc(N2CCC(CO)CC2)cc1)N(C)Cc1ccccc1.I. The van der Waals surface area contributed by atoms with Gasteiger partial charge in [-0.3, -0.25) is 0 Å². The lowest BCUT2D eigenvalue weighted by Gasteiger charge is -2.32. The zero-order chi connectivity index (χ0) is 20.5. The summed E-state index contributed by atoms with van der Waals surface area (Å²) in [7, 11) is 2.08. The molecule has 1 saturated heterocycles. The minimum atomic E-state index is 0. The van der Waals surface area contributed by atoms with Gasteiger partial charge in [0.1, 0.15) is 0 Å². The standard InChI is InChI=1S/C24H34N4O.HI/c1-3-25-24(27(2)18-21-7-5-4-6-8-21)26-17-20-9-11-23(12-10-20)28-15-13-22(19-29)14-16-28;/h4-12,22,29H,3,13-19H2,1-2H3,(H,25,26);1H. The predicted molar refractivity (Wildman–Crippen MR) is 137 cm³/mol. The van der Waals surface area contributed by atoms with Crippen LogP contribution in [-0.4, -0.2) is 49.3 Å². The summed E-state index contributed by atoms with van der Waals surface area (Å²) >= 11 is 0. The molecule has 2 aromatic carbocycles. The Kier molecular flexibility index (Phi) is 10.4. The minimum Gasteiger partial charge on any atom is -0.396 e. The third-order valence-electron chi connectivity index (χ3n) is 5.54. The van der Waals surface area contributed by atoms with E-state index in [2.05, 4.69) is 77.6 Å². The van der Waals surface area contributed by atoms with Gasteiger partial charge in [-0.05, 0) is 48.9 Å². The Morgan fingerprint density at radius 2 is 1.73 bits per heavy atom. The molecule has 3 rings (SSSR count). The topological polar surface area (TPSA) is 51.1 Å². The smallest absolute Gasteiger partial charge is 0.194 e. The summed E-state index contributed by atoms with van der Waals surface area (Å²) in [6.07, 6.45) is 2.14. The molecule has 2 aromatic rings. The van der Waals surface area contributed by atoms with Crippen LogP contribution in [-0.2, 0) is 13.1 Å². The molecule has 1 aliphatic rings. The van der Waals surface area contributed by atoms with Crippen LogP contribution < -0.4 is 10.2 Å². The van der Waals surface area contributed by atoms with E-state index in [1.165, 1.54) is 16.8 Å². The summed E-state index contributed by atoms with van der Waals surface area (Å²) in [6, 6.07) is 19.2. The van der Waals surface area contributed by atoms with Gasteiger partial charge in [-0.2, -0.15) is 0 Å². The molecule has 164 valence electrons.